The third-order valence-corrected chi connectivity index (χ3v) is 5.46. The van der Waals surface area contributed by atoms with Crippen LogP contribution in [0.2, 0.25) is 0 Å². The molecule has 2 rings (SSSR count). The molecule has 1 fully saturated rings. The van der Waals surface area contributed by atoms with Crippen molar-refractivity contribution in [3.63, 3.8) is 0 Å². The van der Waals surface area contributed by atoms with Crippen molar-refractivity contribution >= 4 is 27.3 Å². The van der Waals surface area contributed by atoms with Gasteiger partial charge < -0.3 is 10.6 Å². The second kappa shape index (κ2) is 7.04. The molecule has 0 spiro atoms. The Hall–Kier alpha value is 0.1000. The van der Waals surface area contributed by atoms with Gasteiger partial charge in [-0.15, -0.1) is 11.3 Å². The van der Waals surface area contributed by atoms with Crippen molar-refractivity contribution in [2.45, 2.75) is 39.2 Å². The van der Waals surface area contributed by atoms with E-state index in [1.165, 1.54) is 48.1 Å². The molecule has 2 N–H and O–H groups in total. The fourth-order valence-corrected chi connectivity index (χ4v) is 4.33. The van der Waals surface area contributed by atoms with Gasteiger partial charge in [-0.1, -0.05) is 13.3 Å². The number of hydrogen-bond acceptors (Lipinski definition) is 3. The first kappa shape index (κ1) is 14.5. The summed E-state index contributed by atoms with van der Waals surface area (Å²) in [5, 5.41) is 9.38. The fourth-order valence-electron chi connectivity index (χ4n) is 2.91. The quantitative estimate of drug-likeness (QED) is 0.829. The van der Waals surface area contributed by atoms with Gasteiger partial charge >= 0.3 is 0 Å². The van der Waals surface area contributed by atoms with Crippen molar-refractivity contribution in [2.24, 2.45) is 5.41 Å². The Kier molecular flexibility index (Phi) is 5.67. The molecule has 2 nitrogen and oxygen atoms in total. The maximum Gasteiger partial charge on any atom is 0.0300 e. The van der Waals surface area contributed by atoms with Gasteiger partial charge in [0.1, 0.15) is 0 Å². The van der Waals surface area contributed by atoms with Gasteiger partial charge in [0.15, 0.2) is 0 Å². The predicted octanol–water partition coefficient (Wildman–Crippen LogP) is 3.77. The predicted molar refractivity (Wildman–Crippen MR) is 83.2 cm³/mol. The average molecular weight is 331 g/mol. The zero-order valence-corrected chi connectivity index (χ0v) is 13.5. The van der Waals surface area contributed by atoms with E-state index in [0.29, 0.717) is 5.41 Å². The summed E-state index contributed by atoms with van der Waals surface area (Å²) in [6.07, 6.45) is 5.32. The molecule has 1 atom stereocenters. The fraction of sp³-hybridized carbons (Fsp3) is 0.714. The molecule has 0 bridgehead atoms. The molecule has 1 aliphatic heterocycles. The highest BCUT2D eigenvalue weighted by atomic mass is 79.9. The lowest BCUT2D eigenvalue weighted by atomic mass is 9.77. The molecule has 4 heteroatoms. The first-order valence-corrected chi connectivity index (χ1v) is 8.56. The van der Waals surface area contributed by atoms with Gasteiger partial charge in [-0.3, -0.25) is 0 Å². The lowest BCUT2D eigenvalue weighted by Gasteiger charge is -2.38. The zero-order chi connectivity index (χ0) is 12.8. The summed E-state index contributed by atoms with van der Waals surface area (Å²) in [6, 6.07) is 2.21. The molecule has 0 aromatic carbocycles. The van der Waals surface area contributed by atoms with Crippen molar-refractivity contribution in [3.8, 4) is 0 Å². The van der Waals surface area contributed by atoms with Crippen LogP contribution in [-0.4, -0.2) is 19.6 Å². The highest BCUT2D eigenvalue weighted by Gasteiger charge is 2.30. The Balaban J connectivity index is 1.82. The minimum atomic E-state index is 0.488. The third-order valence-electron chi connectivity index (χ3n) is 3.76. The number of rotatable bonds is 6. The van der Waals surface area contributed by atoms with E-state index >= 15 is 0 Å². The van der Waals surface area contributed by atoms with E-state index < -0.39 is 0 Å². The molecule has 1 unspecified atom stereocenters. The molecule has 18 heavy (non-hydrogen) atoms. The first-order chi connectivity index (χ1) is 8.74. The van der Waals surface area contributed by atoms with Gasteiger partial charge in [-0.2, -0.15) is 0 Å². The molecule has 102 valence electrons. The number of piperidine rings is 1. The maximum absolute atomic E-state index is 3.66. The summed E-state index contributed by atoms with van der Waals surface area (Å²) in [5.41, 5.74) is 0.488. The highest BCUT2D eigenvalue weighted by molar-refractivity contribution is 9.10. The molecule has 1 aliphatic rings. The van der Waals surface area contributed by atoms with Gasteiger partial charge in [0.2, 0.25) is 0 Å². The number of hydrogen-bond donors (Lipinski definition) is 2. The Labute approximate surface area is 123 Å². The molecule has 1 saturated heterocycles. The molecule has 0 radical (unpaired) electrons. The molecule has 0 saturated carbocycles. The maximum atomic E-state index is 3.66. The Bertz CT molecular complexity index is 353. The Morgan fingerprint density at radius 3 is 3.06 bits per heavy atom. The van der Waals surface area contributed by atoms with Crippen LogP contribution in [0.1, 0.15) is 37.5 Å². The standard InChI is InChI=1S/C14H23BrN2S/c1-2-4-14(5-3-6-16-10-14)11-17-8-13-7-12(15)9-18-13/h7,9,16-17H,2-6,8,10-11H2,1H3. The smallest absolute Gasteiger partial charge is 0.0300 e. The largest absolute Gasteiger partial charge is 0.316 e. The molecule has 0 aliphatic carbocycles. The minimum absolute atomic E-state index is 0.488. The van der Waals surface area contributed by atoms with Crippen LogP contribution in [0.15, 0.2) is 15.9 Å². The summed E-state index contributed by atoms with van der Waals surface area (Å²) >= 11 is 5.33. The van der Waals surface area contributed by atoms with E-state index in [1.54, 1.807) is 0 Å². The summed E-state index contributed by atoms with van der Waals surface area (Å²) in [4.78, 5) is 1.41. The summed E-state index contributed by atoms with van der Waals surface area (Å²) in [6.45, 7) is 6.82. The van der Waals surface area contributed by atoms with E-state index in [4.69, 9.17) is 0 Å². The molecular formula is C14H23BrN2S. The Morgan fingerprint density at radius 1 is 1.56 bits per heavy atom. The van der Waals surface area contributed by atoms with Gasteiger partial charge in [-0.05, 0) is 53.2 Å². The zero-order valence-electron chi connectivity index (χ0n) is 11.1. The number of thiophene rings is 1. The third kappa shape index (κ3) is 4.05. The second-order valence-electron chi connectivity index (χ2n) is 5.37. The average Bonchev–Trinajstić information content (AvgIpc) is 2.77. The summed E-state index contributed by atoms with van der Waals surface area (Å²) < 4.78 is 1.20. The topological polar surface area (TPSA) is 24.1 Å². The van der Waals surface area contributed by atoms with Crippen molar-refractivity contribution in [2.75, 3.05) is 19.6 Å². The van der Waals surface area contributed by atoms with Crippen molar-refractivity contribution in [1.82, 2.24) is 10.6 Å². The highest BCUT2D eigenvalue weighted by Crippen LogP contribution is 2.31. The van der Waals surface area contributed by atoms with Crippen LogP contribution in [0.5, 0.6) is 0 Å². The van der Waals surface area contributed by atoms with E-state index in [1.807, 2.05) is 11.3 Å². The first-order valence-electron chi connectivity index (χ1n) is 6.88. The van der Waals surface area contributed by atoms with Crippen molar-refractivity contribution < 1.29 is 0 Å². The normalized spacial score (nSPS) is 24.3. The van der Waals surface area contributed by atoms with Gasteiger partial charge in [-0.25, -0.2) is 0 Å². The van der Waals surface area contributed by atoms with E-state index in [9.17, 15) is 0 Å². The van der Waals surface area contributed by atoms with Gasteiger partial charge in [0.25, 0.3) is 0 Å². The minimum Gasteiger partial charge on any atom is -0.316 e. The second-order valence-corrected chi connectivity index (χ2v) is 7.28. The van der Waals surface area contributed by atoms with Crippen LogP contribution in [0, 0.1) is 5.41 Å². The molecule has 1 aromatic rings. The molecule has 1 aromatic heterocycles. The van der Waals surface area contributed by atoms with Crippen LogP contribution in [0.25, 0.3) is 0 Å². The van der Waals surface area contributed by atoms with Gasteiger partial charge in [0.05, 0.1) is 0 Å². The van der Waals surface area contributed by atoms with Crippen LogP contribution in [0.3, 0.4) is 0 Å². The van der Waals surface area contributed by atoms with Crippen LogP contribution < -0.4 is 10.6 Å². The number of nitrogens with one attached hydrogen (secondary N) is 2. The van der Waals surface area contributed by atoms with Crippen molar-refractivity contribution in [3.05, 3.63) is 20.8 Å². The van der Waals surface area contributed by atoms with Gasteiger partial charge in [0, 0.05) is 34.4 Å². The summed E-state index contributed by atoms with van der Waals surface area (Å²) in [7, 11) is 0. The molecule has 2 heterocycles. The monoisotopic (exact) mass is 330 g/mol. The van der Waals surface area contributed by atoms with Crippen LogP contribution >= 0.6 is 27.3 Å². The van der Waals surface area contributed by atoms with Crippen molar-refractivity contribution in [1.29, 1.82) is 0 Å². The Morgan fingerprint density at radius 2 is 2.44 bits per heavy atom. The SMILES string of the molecule is CCCC1(CNCc2cc(Br)cs2)CCCNC1. The summed E-state index contributed by atoms with van der Waals surface area (Å²) in [5.74, 6) is 0. The van der Waals surface area contributed by atoms with E-state index in [2.05, 4.69) is 44.9 Å². The van der Waals surface area contributed by atoms with E-state index in [-0.39, 0.29) is 0 Å². The van der Waals surface area contributed by atoms with Crippen LogP contribution in [0.4, 0.5) is 0 Å². The lowest BCUT2D eigenvalue weighted by Crippen LogP contribution is -2.46. The molecular weight excluding hydrogens is 308 g/mol. The molecule has 0 amide bonds. The lowest BCUT2D eigenvalue weighted by molar-refractivity contribution is 0.182. The van der Waals surface area contributed by atoms with Crippen LogP contribution in [-0.2, 0) is 6.54 Å². The van der Waals surface area contributed by atoms with E-state index in [0.717, 1.165) is 13.1 Å². The number of halogens is 1.